The molecule has 1 fully saturated rings. The Morgan fingerprint density at radius 3 is 2.23 bits per heavy atom. The molecule has 1 amide bonds. The summed E-state index contributed by atoms with van der Waals surface area (Å²) in [5, 5.41) is 0. The van der Waals surface area contributed by atoms with E-state index in [1.54, 1.807) is 0 Å². The summed E-state index contributed by atoms with van der Waals surface area (Å²) in [6, 6.07) is 0. The number of carbonyl (C=O) groups is 1. The van der Waals surface area contributed by atoms with Crippen LogP contribution in [-0.2, 0) is 4.79 Å². The summed E-state index contributed by atoms with van der Waals surface area (Å²) in [7, 11) is 0. The molecular formula is C8H16IN3O. The Bertz CT molecular complexity index is 169. The molecule has 0 aromatic heterocycles. The minimum atomic E-state index is -0.198. The van der Waals surface area contributed by atoms with E-state index in [-0.39, 0.29) is 5.91 Å². The molecule has 0 bridgehead atoms. The Balaban J connectivity index is 2.14. The van der Waals surface area contributed by atoms with Crippen LogP contribution in [0, 0.1) is 0 Å². The van der Waals surface area contributed by atoms with Crippen LogP contribution in [0.2, 0.25) is 0 Å². The van der Waals surface area contributed by atoms with E-state index in [1.807, 2.05) is 0 Å². The molecule has 1 aliphatic rings. The normalized spacial score (nSPS) is 20.4. The lowest BCUT2D eigenvalue weighted by atomic mass is 10.3. The molecule has 4 nitrogen and oxygen atoms in total. The number of nitrogens with two attached hydrogens (primary N) is 1. The summed E-state index contributed by atoms with van der Waals surface area (Å²) < 4.78 is 1.10. The van der Waals surface area contributed by atoms with Crippen molar-refractivity contribution in [1.82, 2.24) is 9.80 Å². The van der Waals surface area contributed by atoms with Gasteiger partial charge < -0.3 is 10.6 Å². The molecule has 1 heterocycles. The molecule has 0 aromatic carbocycles. The van der Waals surface area contributed by atoms with E-state index in [0.717, 1.165) is 37.3 Å². The third kappa shape index (κ3) is 4.24. The van der Waals surface area contributed by atoms with E-state index in [4.69, 9.17) is 5.73 Å². The molecule has 0 spiro atoms. The van der Waals surface area contributed by atoms with Gasteiger partial charge in [0.25, 0.3) is 0 Å². The molecule has 13 heavy (non-hydrogen) atoms. The van der Waals surface area contributed by atoms with Gasteiger partial charge in [0.15, 0.2) is 0 Å². The van der Waals surface area contributed by atoms with Gasteiger partial charge in [0.2, 0.25) is 5.91 Å². The van der Waals surface area contributed by atoms with Crippen LogP contribution >= 0.6 is 22.6 Å². The van der Waals surface area contributed by atoms with Crippen molar-refractivity contribution < 1.29 is 4.79 Å². The number of halogens is 1. The second-order valence-electron chi connectivity index (χ2n) is 3.30. The van der Waals surface area contributed by atoms with E-state index in [2.05, 4.69) is 32.4 Å². The van der Waals surface area contributed by atoms with E-state index in [9.17, 15) is 4.79 Å². The molecule has 1 rings (SSSR count). The van der Waals surface area contributed by atoms with E-state index in [1.165, 1.54) is 0 Å². The maximum absolute atomic E-state index is 10.5. The molecule has 1 saturated heterocycles. The highest BCUT2D eigenvalue weighted by atomic mass is 127. The van der Waals surface area contributed by atoms with Crippen molar-refractivity contribution in [2.75, 3.05) is 37.3 Å². The first kappa shape index (κ1) is 11.2. The highest BCUT2D eigenvalue weighted by Gasteiger charge is 2.15. The first-order chi connectivity index (χ1) is 6.22. The second kappa shape index (κ2) is 5.77. The van der Waals surface area contributed by atoms with Crippen LogP contribution in [0.4, 0.5) is 0 Å². The molecule has 5 heteroatoms. The maximum Gasteiger partial charge on any atom is 0.218 e. The zero-order valence-corrected chi connectivity index (χ0v) is 9.87. The Labute approximate surface area is 92.6 Å². The third-order valence-electron chi connectivity index (χ3n) is 2.31. The van der Waals surface area contributed by atoms with Crippen molar-refractivity contribution in [2.24, 2.45) is 5.73 Å². The molecule has 0 radical (unpaired) electrons. The zero-order valence-electron chi connectivity index (χ0n) is 7.71. The average Bonchev–Trinajstić information content (AvgIpc) is 2.15. The fourth-order valence-corrected chi connectivity index (χ4v) is 2.08. The van der Waals surface area contributed by atoms with Crippen molar-refractivity contribution >= 4 is 28.5 Å². The van der Waals surface area contributed by atoms with Crippen molar-refractivity contribution in [3.63, 3.8) is 0 Å². The molecule has 2 N–H and O–H groups in total. The van der Waals surface area contributed by atoms with Gasteiger partial charge in [0.05, 0.1) is 4.55 Å². The summed E-state index contributed by atoms with van der Waals surface area (Å²) in [6.45, 7) is 5.18. The minimum absolute atomic E-state index is 0.198. The van der Waals surface area contributed by atoms with Crippen LogP contribution in [0.5, 0.6) is 0 Å². The maximum atomic E-state index is 10.5. The Morgan fingerprint density at radius 1 is 1.23 bits per heavy atom. The smallest absolute Gasteiger partial charge is 0.218 e. The van der Waals surface area contributed by atoms with E-state index in [0.29, 0.717) is 6.42 Å². The van der Waals surface area contributed by atoms with Crippen molar-refractivity contribution in [3.05, 3.63) is 0 Å². The predicted octanol–water partition coefficient (Wildman–Crippen LogP) is -0.128. The number of rotatable bonds is 4. The van der Waals surface area contributed by atoms with Gasteiger partial charge >= 0.3 is 0 Å². The Kier molecular flexibility index (Phi) is 4.97. The largest absolute Gasteiger partial charge is 0.370 e. The number of alkyl halides is 1. The van der Waals surface area contributed by atoms with Gasteiger partial charge in [-0.2, -0.15) is 0 Å². The van der Waals surface area contributed by atoms with Gasteiger partial charge in [-0.3, -0.25) is 9.69 Å². The van der Waals surface area contributed by atoms with Gasteiger partial charge in [0.1, 0.15) is 0 Å². The van der Waals surface area contributed by atoms with Crippen LogP contribution in [0.1, 0.15) is 6.42 Å². The topological polar surface area (TPSA) is 49.6 Å². The molecule has 0 atom stereocenters. The third-order valence-corrected chi connectivity index (χ3v) is 3.27. The minimum Gasteiger partial charge on any atom is -0.370 e. The van der Waals surface area contributed by atoms with E-state index >= 15 is 0 Å². The number of hydrogen-bond donors (Lipinski definition) is 1. The lowest BCUT2D eigenvalue weighted by Gasteiger charge is -2.33. The lowest BCUT2D eigenvalue weighted by Crippen LogP contribution is -2.46. The number of amides is 1. The van der Waals surface area contributed by atoms with Gasteiger partial charge in [-0.1, -0.05) is 22.6 Å². The molecular weight excluding hydrogens is 281 g/mol. The van der Waals surface area contributed by atoms with E-state index < -0.39 is 0 Å². The van der Waals surface area contributed by atoms with Gasteiger partial charge in [-0.15, -0.1) is 0 Å². The van der Waals surface area contributed by atoms with Gasteiger partial charge in [-0.05, 0) is 0 Å². The lowest BCUT2D eigenvalue weighted by molar-refractivity contribution is -0.118. The number of carbonyl (C=O) groups excluding carboxylic acids is 1. The summed E-state index contributed by atoms with van der Waals surface area (Å²) in [5.74, 6) is -0.198. The second-order valence-corrected chi connectivity index (χ2v) is 3.98. The fraction of sp³-hybridized carbons (Fsp3) is 0.875. The highest BCUT2D eigenvalue weighted by Crippen LogP contribution is 2.03. The first-order valence-corrected chi connectivity index (χ1v) is 6.04. The summed E-state index contributed by atoms with van der Waals surface area (Å²) in [5.41, 5.74) is 5.09. The first-order valence-electron chi connectivity index (χ1n) is 4.51. The van der Waals surface area contributed by atoms with Crippen LogP contribution in [0.3, 0.4) is 0 Å². The van der Waals surface area contributed by atoms with Gasteiger partial charge in [-0.25, -0.2) is 0 Å². The zero-order chi connectivity index (χ0) is 9.68. The van der Waals surface area contributed by atoms with Crippen molar-refractivity contribution in [1.29, 1.82) is 0 Å². The van der Waals surface area contributed by atoms with Crippen LogP contribution in [-0.4, -0.2) is 53.0 Å². The Hall–Kier alpha value is 0.120. The molecule has 0 saturated carbocycles. The fourth-order valence-electron chi connectivity index (χ4n) is 1.40. The Morgan fingerprint density at radius 2 is 1.77 bits per heavy atom. The number of primary amides is 1. The quantitative estimate of drug-likeness (QED) is 0.447. The number of piperazine rings is 1. The summed E-state index contributed by atoms with van der Waals surface area (Å²) in [4.78, 5) is 15.2. The molecule has 0 aromatic rings. The van der Waals surface area contributed by atoms with Crippen LogP contribution in [0.15, 0.2) is 0 Å². The van der Waals surface area contributed by atoms with Gasteiger partial charge in [0, 0.05) is 39.1 Å². The molecule has 1 aliphatic heterocycles. The van der Waals surface area contributed by atoms with Crippen molar-refractivity contribution in [3.8, 4) is 0 Å². The number of hydrogen-bond acceptors (Lipinski definition) is 3. The van der Waals surface area contributed by atoms with Crippen LogP contribution < -0.4 is 5.73 Å². The molecule has 0 aliphatic carbocycles. The predicted molar refractivity (Wildman–Crippen MR) is 60.7 cm³/mol. The summed E-state index contributed by atoms with van der Waals surface area (Å²) in [6.07, 6.45) is 0.490. The highest BCUT2D eigenvalue weighted by molar-refractivity contribution is 14.1. The van der Waals surface area contributed by atoms with Crippen LogP contribution in [0.25, 0.3) is 0 Å². The standard InChI is InChI=1S/C8H16IN3O/c9-7-12-5-3-11(4-6-12)2-1-8(10)13/h1-7H2,(H2,10,13). The molecule has 76 valence electrons. The number of nitrogens with zero attached hydrogens (tertiary/aromatic N) is 2. The summed E-state index contributed by atoms with van der Waals surface area (Å²) >= 11 is 2.38. The van der Waals surface area contributed by atoms with Crippen molar-refractivity contribution in [2.45, 2.75) is 6.42 Å². The average molecular weight is 297 g/mol. The monoisotopic (exact) mass is 297 g/mol. The molecule has 0 unspecified atom stereocenters. The SMILES string of the molecule is NC(=O)CCN1CCN(CI)CC1.